The van der Waals surface area contributed by atoms with Crippen LogP contribution in [-0.2, 0) is 84.6 Å². The first-order valence-corrected chi connectivity index (χ1v) is 35.3. The molecule has 0 saturated carbocycles. The SMILES string of the molecule is CC(=O)N[C@H]1[C@H](OCCCCCCCCC(=O)NC2CSSC[C@@H](C(=O)N3CCC[C@H]3C(=O)N[C@@H](CCCN=C(N)N)C(=O)NCC(N)=O)NC(=O)C(CC(N)=O)NC(=O)[C@H](CCC(N)=O)NC(=O)[C@H](Cc3ccccc3)NC(=O)C(Cc3ccc(O)cc3)NC2=O)O[C@H](CO)[C@H](O)[C@@H]1O. The molecule has 3 fully saturated rings. The molecule has 2 aromatic rings. The van der Waals surface area contributed by atoms with E-state index in [9.17, 15) is 78.0 Å². The van der Waals surface area contributed by atoms with Gasteiger partial charge < -0.3 is 111 Å². The number of ether oxygens (including phenoxy) is 2. The summed E-state index contributed by atoms with van der Waals surface area (Å²) < 4.78 is 11.4. The maximum Gasteiger partial charge on any atom is 0.246 e. The molecule has 13 amide bonds. The quantitative estimate of drug-likeness (QED) is 0.0141. The van der Waals surface area contributed by atoms with Crippen molar-refractivity contribution in [3.05, 3.63) is 65.7 Å². The Balaban J connectivity index is 1.45. The van der Waals surface area contributed by atoms with Gasteiger partial charge in [-0.2, -0.15) is 0 Å². The maximum atomic E-state index is 15.0. The van der Waals surface area contributed by atoms with E-state index in [4.69, 9.17) is 38.1 Å². The zero-order valence-corrected chi connectivity index (χ0v) is 57.1. The van der Waals surface area contributed by atoms with Gasteiger partial charge >= 0.3 is 0 Å². The van der Waals surface area contributed by atoms with Gasteiger partial charge in [0.25, 0.3) is 0 Å². The molecule has 5 rings (SSSR count). The number of phenols is 1. The molecule has 3 saturated heterocycles. The average molecular weight is 1440 g/mol. The Labute approximate surface area is 585 Å². The third-order valence-electron chi connectivity index (χ3n) is 16.3. The molecule has 35 nitrogen and oxygen atoms in total. The van der Waals surface area contributed by atoms with Gasteiger partial charge in [-0.1, -0.05) is 89.7 Å². The predicted molar refractivity (Wildman–Crippen MR) is 363 cm³/mol. The van der Waals surface area contributed by atoms with Crippen molar-refractivity contribution in [3.8, 4) is 5.75 Å². The predicted octanol–water partition coefficient (Wildman–Crippen LogP) is -5.56. The van der Waals surface area contributed by atoms with Crippen LogP contribution in [0, 0.1) is 0 Å². The first kappa shape index (κ1) is 81.8. The van der Waals surface area contributed by atoms with Gasteiger partial charge in [-0.3, -0.25) is 67.3 Å². The van der Waals surface area contributed by atoms with Crippen molar-refractivity contribution in [1.29, 1.82) is 0 Å². The number of aliphatic hydroxyl groups is 3. The number of aromatic hydroxyl groups is 1. The molecular formula is C63H94N16O19S2. The lowest BCUT2D eigenvalue weighted by molar-refractivity contribution is -0.270. The van der Waals surface area contributed by atoms with Crippen LogP contribution in [0.3, 0.4) is 0 Å². The number of aliphatic hydroxyl groups excluding tert-OH is 3. The molecule has 3 aliphatic rings. The van der Waals surface area contributed by atoms with E-state index in [1.54, 1.807) is 30.3 Å². The molecule has 552 valence electrons. The van der Waals surface area contributed by atoms with Gasteiger partial charge in [-0.15, -0.1) is 0 Å². The first-order valence-electron chi connectivity index (χ1n) is 32.8. The number of rotatable bonds is 32. The summed E-state index contributed by atoms with van der Waals surface area (Å²) in [4.78, 5) is 183. The van der Waals surface area contributed by atoms with Crippen LogP contribution in [0.2, 0.25) is 0 Å². The number of carbonyl (C=O) groups excluding carboxylic acids is 13. The largest absolute Gasteiger partial charge is 0.508 e. The summed E-state index contributed by atoms with van der Waals surface area (Å²) in [7, 11) is 1.87. The van der Waals surface area contributed by atoms with Crippen LogP contribution >= 0.6 is 21.6 Å². The van der Waals surface area contributed by atoms with E-state index in [2.05, 4.69) is 52.8 Å². The van der Waals surface area contributed by atoms with Gasteiger partial charge in [0.05, 0.1) is 19.6 Å². The van der Waals surface area contributed by atoms with Gasteiger partial charge in [-0.05, 0) is 68.2 Å². The van der Waals surface area contributed by atoms with Gasteiger partial charge in [0, 0.05) is 63.8 Å². The number of hydrogen-bond acceptors (Lipinski definition) is 22. The Morgan fingerprint density at radius 2 is 1.29 bits per heavy atom. The lowest BCUT2D eigenvalue weighted by atomic mass is 9.97. The molecule has 23 N–H and O–H groups in total. The number of hydrogen-bond donors (Lipinski definition) is 18. The van der Waals surface area contributed by atoms with Gasteiger partial charge in [0.2, 0.25) is 76.8 Å². The normalized spacial score (nSPS) is 24.4. The van der Waals surface area contributed by atoms with E-state index in [0.717, 1.165) is 26.5 Å². The minimum absolute atomic E-state index is 0.0439. The van der Waals surface area contributed by atoms with Crippen LogP contribution in [0.15, 0.2) is 59.6 Å². The Bertz CT molecular complexity index is 3160. The minimum atomic E-state index is -1.88. The van der Waals surface area contributed by atoms with Crippen molar-refractivity contribution in [2.75, 3.05) is 44.4 Å². The zero-order chi connectivity index (χ0) is 73.4. The molecular weight excluding hydrogens is 1350 g/mol. The van der Waals surface area contributed by atoms with E-state index in [0.29, 0.717) is 49.7 Å². The lowest BCUT2D eigenvalue weighted by Gasteiger charge is -2.42. The van der Waals surface area contributed by atoms with Crippen LogP contribution in [0.5, 0.6) is 5.75 Å². The summed E-state index contributed by atoms with van der Waals surface area (Å²) >= 11 is 0. The second-order valence-corrected chi connectivity index (χ2v) is 26.8. The Hall–Kier alpha value is -8.88. The smallest absolute Gasteiger partial charge is 0.246 e. The van der Waals surface area contributed by atoms with E-state index in [-0.39, 0.29) is 87.9 Å². The van der Waals surface area contributed by atoms with Crippen molar-refractivity contribution in [1.82, 2.24) is 52.8 Å². The highest BCUT2D eigenvalue weighted by Gasteiger charge is 2.46. The molecule has 100 heavy (non-hydrogen) atoms. The maximum absolute atomic E-state index is 15.0. The number of phenolic OH excluding ortho intramolecular Hbond substituents is 1. The monoisotopic (exact) mass is 1440 g/mol. The fraction of sp³-hybridized carbons (Fsp3) is 0.587. The van der Waals surface area contributed by atoms with E-state index in [1.807, 2.05) is 0 Å². The van der Waals surface area contributed by atoms with Crippen molar-refractivity contribution in [2.45, 2.75) is 189 Å². The molecule has 3 unspecified atom stereocenters. The zero-order valence-electron chi connectivity index (χ0n) is 55.5. The second-order valence-electron chi connectivity index (χ2n) is 24.3. The average Bonchev–Trinajstić information content (AvgIpc) is 0.827. The van der Waals surface area contributed by atoms with Crippen molar-refractivity contribution < 1.29 is 92.2 Å². The van der Waals surface area contributed by atoms with Crippen LogP contribution in [0.1, 0.15) is 108 Å². The Kier molecular flexibility index (Phi) is 34.6. The highest BCUT2D eigenvalue weighted by molar-refractivity contribution is 8.76. The van der Waals surface area contributed by atoms with Crippen molar-refractivity contribution in [3.63, 3.8) is 0 Å². The second kappa shape index (κ2) is 42.3. The number of carbonyl (C=O) groups is 13. The summed E-state index contributed by atoms with van der Waals surface area (Å²) in [6.07, 6.45) is -3.80. The van der Waals surface area contributed by atoms with E-state index in [1.165, 1.54) is 31.2 Å². The minimum Gasteiger partial charge on any atom is -0.508 e. The molecule has 37 heteroatoms. The molecule has 0 spiro atoms. The molecule has 0 aromatic heterocycles. The molecule has 13 atom stereocenters. The number of aliphatic imine (C=N–C) groups is 1. The van der Waals surface area contributed by atoms with Crippen molar-refractivity contribution >= 4 is 104 Å². The number of amides is 13. The summed E-state index contributed by atoms with van der Waals surface area (Å²) in [5.41, 5.74) is 28.3. The fourth-order valence-corrected chi connectivity index (χ4v) is 13.4. The van der Waals surface area contributed by atoms with Crippen LogP contribution in [-0.4, -0.2) is 231 Å². The number of nitrogens with one attached hydrogen (secondary N) is 9. The van der Waals surface area contributed by atoms with Gasteiger partial charge in [-0.25, -0.2) is 0 Å². The number of likely N-dealkylation sites (tertiary alicyclic amines) is 1. The van der Waals surface area contributed by atoms with Crippen LogP contribution < -0.4 is 76.5 Å². The molecule has 0 aliphatic carbocycles. The van der Waals surface area contributed by atoms with Crippen LogP contribution in [0.25, 0.3) is 0 Å². The standard InChI is InChI=1S/C63H94N16O19S2/c1-34(81)71-51-53(88)52(87)46(31-80)98-62(51)97-26-10-5-3-2-4-9-17-50(86)72-43-32-99-100-33-44(61(96)79-25-12-16-45(79)60(95)74-38(15-11-24-69-63(67)68)54(89)70-30-49(66)85)78-58(93)42(29-48(65)84)77-55(90)39(22-23-47(64)83)73-56(91)40(27-35-13-7-6-8-14-35)75-57(92)41(76-59(43)94)28-36-18-20-37(82)21-19-36/h6-8,13-14,18-21,38-46,51-53,62,80,82,87-88H,2-5,9-12,15-17,22-33H2,1H3,(H2,64,83)(H2,65,84)(H2,66,85)(H,70,89)(H,71,81)(H,72,86)(H,73,91)(H,74,95)(H,75,92)(H,76,94)(H,77,90)(H,78,93)(H4,67,68,69)/t38-,39-,40-,41?,42?,43?,44-,45-,46+,51+,52-,53+,62+/m0/s1. The summed E-state index contributed by atoms with van der Waals surface area (Å²) in [6.45, 7) is 0.179. The summed E-state index contributed by atoms with van der Waals surface area (Å²) in [5, 5.41) is 63.9. The third-order valence-corrected chi connectivity index (χ3v) is 18.7. The fourth-order valence-electron chi connectivity index (χ4n) is 11.1. The van der Waals surface area contributed by atoms with Crippen molar-refractivity contribution in [2.24, 2.45) is 33.7 Å². The van der Waals surface area contributed by atoms with E-state index < -0.39 is 188 Å². The topological polar surface area (TPSA) is 575 Å². The number of nitrogens with two attached hydrogens (primary N) is 5. The molecule has 3 aliphatic heterocycles. The summed E-state index contributed by atoms with van der Waals surface area (Å²) in [6, 6.07) is 0.656. The molecule has 0 radical (unpaired) electrons. The number of guanidine groups is 1. The highest BCUT2D eigenvalue weighted by atomic mass is 33.1. The number of primary amides is 3. The number of unbranched alkanes of at least 4 members (excludes halogenated alkanes) is 5. The Morgan fingerprint density at radius 3 is 1.92 bits per heavy atom. The molecule has 0 bridgehead atoms. The van der Waals surface area contributed by atoms with Gasteiger partial charge in [0.15, 0.2) is 12.2 Å². The number of benzene rings is 2. The molecule has 2 aromatic carbocycles. The molecule has 3 heterocycles. The number of nitrogens with zero attached hydrogens (tertiary/aromatic N) is 2. The highest BCUT2D eigenvalue weighted by Crippen LogP contribution is 2.27. The summed E-state index contributed by atoms with van der Waals surface area (Å²) in [5.74, 6) is -12.5. The third kappa shape index (κ3) is 28.0. The Morgan fingerprint density at radius 1 is 0.690 bits per heavy atom. The van der Waals surface area contributed by atoms with E-state index >= 15 is 4.79 Å². The lowest BCUT2D eigenvalue weighted by Crippen LogP contribution is -2.64. The van der Waals surface area contributed by atoms with Gasteiger partial charge in [0.1, 0.15) is 78.4 Å². The first-order chi connectivity index (χ1) is 47.6. The van der Waals surface area contributed by atoms with Crippen LogP contribution in [0.4, 0.5) is 0 Å².